The van der Waals surface area contributed by atoms with Gasteiger partial charge in [-0.1, -0.05) is 13.0 Å². The van der Waals surface area contributed by atoms with Crippen molar-refractivity contribution in [2.45, 2.75) is 19.4 Å². The van der Waals surface area contributed by atoms with Crippen LogP contribution >= 0.6 is 11.3 Å². The summed E-state index contributed by atoms with van der Waals surface area (Å²) in [4.78, 5) is 1.40. The predicted molar refractivity (Wildman–Crippen MR) is 67.6 cm³/mol. The van der Waals surface area contributed by atoms with E-state index in [0.29, 0.717) is 6.04 Å². The smallest absolute Gasteiger partial charge is 0.0797 e. The summed E-state index contributed by atoms with van der Waals surface area (Å²) in [6.07, 6.45) is 3.01. The van der Waals surface area contributed by atoms with E-state index in [1.165, 1.54) is 4.88 Å². The number of thiophene rings is 1. The van der Waals surface area contributed by atoms with Crippen LogP contribution in [0.3, 0.4) is 0 Å². The van der Waals surface area contributed by atoms with Gasteiger partial charge in [0.2, 0.25) is 0 Å². The maximum atomic E-state index is 4.47. The van der Waals surface area contributed by atoms with Crippen molar-refractivity contribution in [3.8, 4) is 0 Å². The average molecular weight is 235 g/mol. The first kappa shape index (κ1) is 11.4. The summed E-state index contributed by atoms with van der Waals surface area (Å²) in [5.74, 6) is 0. The molecule has 16 heavy (non-hydrogen) atoms. The minimum absolute atomic E-state index is 0.324. The van der Waals surface area contributed by atoms with Gasteiger partial charge in [-0.15, -0.1) is 11.3 Å². The Hall–Kier alpha value is -1.13. The lowest BCUT2D eigenvalue weighted by Gasteiger charge is -2.14. The quantitative estimate of drug-likeness (QED) is 0.862. The molecule has 2 rings (SSSR count). The third kappa shape index (κ3) is 2.71. The highest BCUT2D eigenvalue weighted by molar-refractivity contribution is 7.09. The Morgan fingerprint density at radius 1 is 1.50 bits per heavy atom. The van der Waals surface area contributed by atoms with E-state index in [1.54, 1.807) is 11.3 Å². The van der Waals surface area contributed by atoms with E-state index >= 15 is 0 Å². The molecule has 1 unspecified atom stereocenters. The van der Waals surface area contributed by atoms with E-state index in [2.05, 4.69) is 40.9 Å². The van der Waals surface area contributed by atoms with Crippen LogP contribution in [0.1, 0.15) is 23.5 Å². The highest BCUT2D eigenvalue weighted by atomic mass is 32.1. The number of aryl methyl sites for hydroxylation is 1. The van der Waals surface area contributed by atoms with Crippen molar-refractivity contribution in [1.82, 2.24) is 15.1 Å². The van der Waals surface area contributed by atoms with Crippen LogP contribution in [0.25, 0.3) is 0 Å². The molecule has 0 spiro atoms. The molecule has 3 nitrogen and oxygen atoms in total. The second kappa shape index (κ2) is 5.27. The molecule has 0 aliphatic rings. The van der Waals surface area contributed by atoms with E-state index in [1.807, 2.05) is 17.9 Å². The predicted octanol–water partition coefficient (Wildman–Crippen LogP) is 2.37. The lowest BCUT2D eigenvalue weighted by atomic mass is 10.1. The van der Waals surface area contributed by atoms with Crippen LogP contribution in [0.2, 0.25) is 0 Å². The lowest BCUT2D eigenvalue weighted by molar-refractivity contribution is 0.531. The third-order valence-electron chi connectivity index (χ3n) is 2.53. The molecule has 0 aromatic carbocycles. The number of likely N-dealkylation sites (N-methyl/N-ethyl adjacent to an activating group) is 1. The Morgan fingerprint density at radius 3 is 2.94 bits per heavy atom. The molecule has 1 N–H and O–H groups in total. The Bertz CT molecular complexity index is 419. The van der Waals surface area contributed by atoms with Crippen molar-refractivity contribution < 1.29 is 0 Å². The first-order valence-corrected chi connectivity index (χ1v) is 6.43. The van der Waals surface area contributed by atoms with Crippen molar-refractivity contribution in [3.05, 3.63) is 40.3 Å². The molecule has 0 aliphatic heterocycles. The highest BCUT2D eigenvalue weighted by Gasteiger charge is 2.13. The van der Waals surface area contributed by atoms with Crippen LogP contribution in [0.4, 0.5) is 0 Å². The Morgan fingerprint density at radius 2 is 2.38 bits per heavy atom. The summed E-state index contributed by atoms with van der Waals surface area (Å²) in [7, 11) is 1.96. The van der Waals surface area contributed by atoms with Gasteiger partial charge in [-0.3, -0.25) is 4.68 Å². The molecule has 2 heterocycles. The minimum atomic E-state index is 0.324. The monoisotopic (exact) mass is 235 g/mol. The van der Waals surface area contributed by atoms with E-state index in [0.717, 1.165) is 18.7 Å². The largest absolute Gasteiger partial charge is 0.309 e. The zero-order valence-electron chi connectivity index (χ0n) is 9.68. The van der Waals surface area contributed by atoms with Crippen LogP contribution in [-0.4, -0.2) is 16.3 Å². The van der Waals surface area contributed by atoms with Crippen LogP contribution in [0.15, 0.2) is 29.8 Å². The third-order valence-corrected chi connectivity index (χ3v) is 3.43. The van der Waals surface area contributed by atoms with Crippen molar-refractivity contribution in [1.29, 1.82) is 0 Å². The van der Waals surface area contributed by atoms with Gasteiger partial charge >= 0.3 is 0 Å². The molecular formula is C12H17N3S. The number of nitrogens with one attached hydrogen (secondary N) is 1. The fourth-order valence-corrected chi connectivity index (χ4v) is 2.53. The first-order valence-electron chi connectivity index (χ1n) is 5.55. The first-order chi connectivity index (χ1) is 7.79. The maximum absolute atomic E-state index is 4.47. The number of hydrogen-bond acceptors (Lipinski definition) is 3. The Labute approximate surface area is 100 Å². The number of nitrogens with zero attached hydrogens (tertiary/aromatic N) is 2. The van der Waals surface area contributed by atoms with Crippen molar-refractivity contribution in [2.24, 2.45) is 7.05 Å². The van der Waals surface area contributed by atoms with Gasteiger partial charge in [0.1, 0.15) is 0 Å². The summed E-state index contributed by atoms with van der Waals surface area (Å²) in [5, 5.41) is 10.1. The molecular weight excluding hydrogens is 218 g/mol. The van der Waals surface area contributed by atoms with Gasteiger partial charge in [0, 0.05) is 24.5 Å². The van der Waals surface area contributed by atoms with E-state index in [-0.39, 0.29) is 0 Å². The molecule has 0 radical (unpaired) electrons. The topological polar surface area (TPSA) is 29.9 Å². The van der Waals surface area contributed by atoms with Gasteiger partial charge in [-0.2, -0.15) is 5.10 Å². The van der Waals surface area contributed by atoms with Crippen LogP contribution in [0.5, 0.6) is 0 Å². The molecule has 0 bridgehead atoms. The highest BCUT2D eigenvalue weighted by Crippen LogP contribution is 2.19. The van der Waals surface area contributed by atoms with Gasteiger partial charge in [-0.25, -0.2) is 0 Å². The van der Waals surface area contributed by atoms with Crippen LogP contribution in [-0.2, 0) is 13.5 Å². The molecule has 0 saturated carbocycles. The van der Waals surface area contributed by atoms with Crippen molar-refractivity contribution >= 4 is 11.3 Å². The fourth-order valence-electron chi connectivity index (χ4n) is 1.78. The molecule has 0 saturated heterocycles. The summed E-state index contributed by atoms with van der Waals surface area (Å²) in [6.45, 7) is 3.09. The summed E-state index contributed by atoms with van der Waals surface area (Å²) in [6, 6.07) is 6.69. The van der Waals surface area contributed by atoms with Gasteiger partial charge in [-0.05, 0) is 24.1 Å². The Kier molecular flexibility index (Phi) is 3.74. The number of aromatic nitrogens is 2. The number of rotatable bonds is 5. The Balaban J connectivity index is 2.11. The molecule has 1 atom stereocenters. The normalized spacial score (nSPS) is 12.9. The van der Waals surface area contributed by atoms with Gasteiger partial charge in [0.05, 0.1) is 11.7 Å². The van der Waals surface area contributed by atoms with Crippen molar-refractivity contribution in [3.63, 3.8) is 0 Å². The van der Waals surface area contributed by atoms with Crippen molar-refractivity contribution in [2.75, 3.05) is 6.54 Å². The second-order valence-electron chi connectivity index (χ2n) is 3.81. The SMILES string of the molecule is CCNC(Cc1cccs1)c1ccn(C)n1. The number of hydrogen-bond donors (Lipinski definition) is 1. The molecule has 4 heteroatoms. The van der Waals surface area contributed by atoms with E-state index in [4.69, 9.17) is 0 Å². The lowest BCUT2D eigenvalue weighted by Crippen LogP contribution is -2.23. The zero-order valence-corrected chi connectivity index (χ0v) is 10.5. The van der Waals surface area contributed by atoms with Gasteiger partial charge in [0.25, 0.3) is 0 Å². The van der Waals surface area contributed by atoms with Gasteiger partial charge in [0.15, 0.2) is 0 Å². The minimum Gasteiger partial charge on any atom is -0.309 e. The van der Waals surface area contributed by atoms with E-state index in [9.17, 15) is 0 Å². The van der Waals surface area contributed by atoms with E-state index < -0.39 is 0 Å². The standard InChI is InChI=1S/C12H17N3S/c1-3-13-12(9-10-5-4-8-16-10)11-6-7-15(2)14-11/h4-8,12-13H,3,9H2,1-2H3. The summed E-state index contributed by atoms with van der Waals surface area (Å²) < 4.78 is 1.86. The molecule has 0 amide bonds. The summed E-state index contributed by atoms with van der Waals surface area (Å²) in [5.41, 5.74) is 1.12. The maximum Gasteiger partial charge on any atom is 0.0797 e. The van der Waals surface area contributed by atoms with Gasteiger partial charge < -0.3 is 5.32 Å². The van der Waals surface area contributed by atoms with Crippen LogP contribution < -0.4 is 5.32 Å². The molecule has 0 fully saturated rings. The molecule has 86 valence electrons. The summed E-state index contributed by atoms with van der Waals surface area (Å²) >= 11 is 1.80. The molecule has 0 aliphatic carbocycles. The second-order valence-corrected chi connectivity index (χ2v) is 4.84. The van der Waals surface area contributed by atoms with Crippen LogP contribution in [0, 0.1) is 0 Å². The fraction of sp³-hybridized carbons (Fsp3) is 0.417. The molecule has 2 aromatic rings. The average Bonchev–Trinajstić information content (AvgIpc) is 2.88. The zero-order chi connectivity index (χ0) is 11.4. The molecule has 2 aromatic heterocycles.